The van der Waals surface area contributed by atoms with E-state index in [0.29, 0.717) is 17.9 Å². The van der Waals surface area contributed by atoms with Crippen LogP contribution in [0.1, 0.15) is 12.8 Å². The van der Waals surface area contributed by atoms with Gasteiger partial charge in [-0.25, -0.2) is 10.2 Å². The maximum absolute atomic E-state index is 12.1. The highest BCUT2D eigenvalue weighted by atomic mass is 32.3. The third kappa shape index (κ3) is 2.70. The van der Waals surface area contributed by atoms with Gasteiger partial charge in [0.1, 0.15) is 6.04 Å². The Morgan fingerprint density at radius 3 is 2.70 bits per heavy atom. The van der Waals surface area contributed by atoms with Gasteiger partial charge in [0.25, 0.3) is 5.91 Å². The first-order valence-corrected chi connectivity index (χ1v) is 7.33. The number of hydrogen-bond acceptors (Lipinski definition) is 6. The number of amides is 3. The van der Waals surface area contributed by atoms with Crippen LogP contribution in [-0.4, -0.2) is 72.6 Å². The lowest BCUT2D eigenvalue weighted by molar-refractivity contribution is -0.137. The molecule has 2 aliphatic rings. The summed E-state index contributed by atoms with van der Waals surface area (Å²) in [6.45, 7) is 0.183. The van der Waals surface area contributed by atoms with E-state index < -0.39 is 28.5 Å². The Kier molecular flexibility index (Phi) is 3.86. The summed E-state index contributed by atoms with van der Waals surface area (Å²) in [5.41, 5.74) is 2.65. The van der Waals surface area contributed by atoms with Gasteiger partial charge in [-0.15, -0.1) is 4.28 Å². The molecule has 2 rings (SSSR count). The fourth-order valence-corrected chi connectivity index (χ4v) is 2.81. The molecule has 2 N–H and O–H groups in total. The van der Waals surface area contributed by atoms with Crippen LogP contribution < -0.4 is 5.43 Å². The summed E-state index contributed by atoms with van der Waals surface area (Å²) < 4.78 is 34.4. The molecular formula is C9H16N4O6S. The molecule has 0 aromatic heterocycles. The van der Waals surface area contributed by atoms with Crippen molar-refractivity contribution in [3.8, 4) is 0 Å². The van der Waals surface area contributed by atoms with Gasteiger partial charge in [0.15, 0.2) is 0 Å². The molecule has 0 saturated carbocycles. The van der Waals surface area contributed by atoms with Crippen LogP contribution in [0, 0.1) is 0 Å². The van der Waals surface area contributed by atoms with E-state index in [9.17, 15) is 18.0 Å². The Labute approximate surface area is 116 Å². The molecule has 2 heterocycles. The molecule has 114 valence electrons. The minimum atomic E-state index is -4.77. The lowest BCUT2D eigenvalue weighted by Crippen LogP contribution is -2.52. The van der Waals surface area contributed by atoms with Gasteiger partial charge in [-0.05, 0) is 12.8 Å². The monoisotopic (exact) mass is 308 g/mol. The fraction of sp³-hybridized carbons (Fsp3) is 0.778. The van der Waals surface area contributed by atoms with Crippen LogP contribution >= 0.6 is 0 Å². The molecule has 10 nitrogen and oxygen atoms in total. The minimum Gasteiger partial charge on any atom is -0.309 e. The maximum atomic E-state index is 12.1. The fourth-order valence-electron chi connectivity index (χ4n) is 2.42. The van der Waals surface area contributed by atoms with Crippen LogP contribution in [0.25, 0.3) is 0 Å². The summed E-state index contributed by atoms with van der Waals surface area (Å²) in [5.74, 6) is -0.298. The highest BCUT2D eigenvalue weighted by Crippen LogP contribution is 2.31. The molecule has 20 heavy (non-hydrogen) atoms. The number of carbonyl (C=O) groups excluding carboxylic acids is 2. The molecule has 2 bridgehead atoms. The smallest absolute Gasteiger partial charge is 0.309 e. The zero-order valence-electron chi connectivity index (χ0n) is 11.0. The third-order valence-electron chi connectivity index (χ3n) is 3.45. The first-order valence-electron chi connectivity index (χ1n) is 5.96. The van der Waals surface area contributed by atoms with Gasteiger partial charge in [-0.2, -0.15) is 13.5 Å². The summed E-state index contributed by atoms with van der Waals surface area (Å²) in [6, 6.07) is -1.91. The molecule has 0 radical (unpaired) electrons. The number of urea groups is 1. The van der Waals surface area contributed by atoms with Crippen LogP contribution in [0.5, 0.6) is 0 Å². The number of hydrogen-bond donors (Lipinski definition) is 2. The average molecular weight is 308 g/mol. The Morgan fingerprint density at radius 2 is 2.15 bits per heavy atom. The van der Waals surface area contributed by atoms with E-state index in [0.717, 1.165) is 0 Å². The quantitative estimate of drug-likeness (QED) is 0.483. The Balaban J connectivity index is 2.16. The number of hydrazine groups is 1. The first-order chi connectivity index (χ1) is 9.24. The minimum absolute atomic E-state index is 0.183. The van der Waals surface area contributed by atoms with E-state index in [2.05, 4.69) is 9.71 Å². The van der Waals surface area contributed by atoms with E-state index in [1.807, 2.05) is 0 Å². The van der Waals surface area contributed by atoms with Crippen LogP contribution in [0.3, 0.4) is 0 Å². The predicted molar refractivity (Wildman–Crippen MR) is 65.2 cm³/mol. The molecule has 2 aliphatic heterocycles. The number of likely N-dealkylation sites (N-methyl/N-ethyl adjacent to an activating group) is 1. The Morgan fingerprint density at radius 1 is 1.50 bits per heavy atom. The molecule has 0 aromatic rings. The van der Waals surface area contributed by atoms with E-state index >= 15 is 0 Å². The zero-order valence-corrected chi connectivity index (χ0v) is 11.8. The summed E-state index contributed by atoms with van der Waals surface area (Å²) >= 11 is 0. The second-order valence-electron chi connectivity index (χ2n) is 4.63. The number of nitrogens with zero attached hydrogens (tertiary/aromatic N) is 3. The molecular weight excluding hydrogens is 292 g/mol. The van der Waals surface area contributed by atoms with Gasteiger partial charge in [0, 0.05) is 20.6 Å². The highest BCUT2D eigenvalue weighted by Gasteiger charge is 2.49. The standard InChI is InChI=1S/C9H16N4O6S/c1-10-11(2)8(14)7-4-3-6-5-12(7)9(15)13(6)19-20(16,17)18/h6-7,10H,3-5H2,1-2H3,(H,16,17,18). The molecule has 0 spiro atoms. The van der Waals surface area contributed by atoms with Gasteiger partial charge < -0.3 is 4.90 Å². The van der Waals surface area contributed by atoms with Crippen LogP contribution in [0.2, 0.25) is 0 Å². The van der Waals surface area contributed by atoms with Gasteiger partial charge >= 0.3 is 16.4 Å². The van der Waals surface area contributed by atoms with Crippen molar-refractivity contribution in [1.29, 1.82) is 0 Å². The number of fused-ring (bicyclic) bond motifs is 2. The van der Waals surface area contributed by atoms with Crippen LogP contribution in [0.4, 0.5) is 4.79 Å². The Bertz CT molecular complexity index is 523. The van der Waals surface area contributed by atoms with Crippen molar-refractivity contribution in [2.45, 2.75) is 24.9 Å². The predicted octanol–water partition coefficient (Wildman–Crippen LogP) is -1.42. The van der Waals surface area contributed by atoms with Crippen molar-refractivity contribution in [2.75, 3.05) is 20.6 Å². The summed E-state index contributed by atoms with van der Waals surface area (Å²) in [6.07, 6.45) is 0.804. The Hall–Kier alpha value is -1.43. The highest BCUT2D eigenvalue weighted by molar-refractivity contribution is 7.80. The van der Waals surface area contributed by atoms with Crippen molar-refractivity contribution >= 4 is 22.3 Å². The second kappa shape index (κ2) is 5.16. The largest absolute Gasteiger partial charge is 0.418 e. The molecule has 0 aliphatic carbocycles. The van der Waals surface area contributed by atoms with Crippen molar-refractivity contribution < 1.29 is 26.8 Å². The molecule has 11 heteroatoms. The lowest BCUT2D eigenvalue weighted by Gasteiger charge is -2.31. The van der Waals surface area contributed by atoms with Gasteiger partial charge in [-0.3, -0.25) is 14.4 Å². The van der Waals surface area contributed by atoms with Crippen LogP contribution in [-0.2, 0) is 19.5 Å². The van der Waals surface area contributed by atoms with Gasteiger partial charge in [0.05, 0.1) is 6.04 Å². The number of piperidine rings is 1. The maximum Gasteiger partial charge on any atom is 0.418 e. The normalized spacial score (nSPS) is 26.1. The summed E-state index contributed by atoms with van der Waals surface area (Å²) in [5, 5.41) is 1.87. The second-order valence-corrected chi connectivity index (χ2v) is 5.64. The van der Waals surface area contributed by atoms with Crippen molar-refractivity contribution in [1.82, 2.24) is 20.4 Å². The van der Waals surface area contributed by atoms with Crippen molar-refractivity contribution in [2.24, 2.45) is 0 Å². The van der Waals surface area contributed by atoms with Crippen molar-refractivity contribution in [3.63, 3.8) is 0 Å². The third-order valence-corrected chi connectivity index (χ3v) is 3.80. The molecule has 0 aromatic carbocycles. The zero-order chi connectivity index (χ0) is 15.1. The van der Waals surface area contributed by atoms with E-state index in [1.54, 1.807) is 7.05 Å². The number of nitrogens with one attached hydrogen (secondary N) is 1. The first kappa shape index (κ1) is 15.0. The number of rotatable bonds is 4. The lowest BCUT2D eigenvalue weighted by atomic mass is 10.0. The SMILES string of the molecule is CNN(C)C(=O)C1CCC2CN1C(=O)N2OS(=O)(=O)O. The summed E-state index contributed by atoms with van der Waals surface area (Å²) in [4.78, 5) is 25.4. The van der Waals surface area contributed by atoms with Gasteiger partial charge in [-0.1, -0.05) is 0 Å². The topological polar surface area (TPSA) is 119 Å². The van der Waals surface area contributed by atoms with Crippen LogP contribution in [0.15, 0.2) is 0 Å². The van der Waals surface area contributed by atoms with E-state index in [-0.39, 0.29) is 12.5 Å². The molecule has 3 amide bonds. The van der Waals surface area contributed by atoms with E-state index in [4.69, 9.17) is 4.55 Å². The molecule has 2 saturated heterocycles. The number of hydroxylamine groups is 2. The molecule has 2 atom stereocenters. The van der Waals surface area contributed by atoms with E-state index in [1.165, 1.54) is 17.0 Å². The van der Waals surface area contributed by atoms with Gasteiger partial charge in [0.2, 0.25) is 0 Å². The summed E-state index contributed by atoms with van der Waals surface area (Å²) in [7, 11) is -1.67. The molecule has 2 unspecified atom stereocenters. The van der Waals surface area contributed by atoms with Crippen molar-refractivity contribution in [3.05, 3.63) is 0 Å². The molecule has 2 fully saturated rings. The number of carbonyl (C=O) groups is 2. The average Bonchev–Trinajstić information content (AvgIpc) is 2.61.